The van der Waals surface area contributed by atoms with Crippen LogP contribution in [-0.2, 0) is 9.59 Å². The lowest BCUT2D eigenvalue weighted by Crippen LogP contribution is -2.50. The van der Waals surface area contributed by atoms with Crippen molar-refractivity contribution in [1.82, 2.24) is 15.5 Å². The lowest BCUT2D eigenvalue weighted by Gasteiger charge is -2.27. The summed E-state index contributed by atoms with van der Waals surface area (Å²) in [5.74, 6) is 0.620. The van der Waals surface area contributed by atoms with Gasteiger partial charge in [0.1, 0.15) is 5.75 Å². The highest BCUT2D eigenvalue weighted by Crippen LogP contribution is 2.24. The van der Waals surface area contributed by atoms with Crippen molar-refractivity contribution < 1.29 is 14.3 Å². The summed E-state index contributed by atoms with van der Waals surface area (Å²) in [5, 5.41) is 5.86. The molecule has 1 heterocycles. The number of amides is 2. The van der Waals surface area contributed by atoms with E-state index >= 15 is 0 Å². The number of carbonyl (C=O) groups is 2. The molecule has 2 aromatic rings. The van der Waals surface area contributed by atoms with E-state index in [-0.39, 0.29) is 30.9 Å². The van der Waals surface area contributed by atoms with E-state index in [0.29, 0.717) is 13.1 Å². The summed E-state index contributed by atoms with van der Waals surface area (Å²) in [6.07, 6.45) is 0. The van der Waals surface area contributed by atoms with Gasteiger partial charge in [0.15, 0.2) is 0 Å². The molecule has 6 heteroatoms. The molecule has 26 heavy (non-hydrogen) atoms. The molecule has 0 aliphatic carbocycles. The van der Waals surface area contributed by atoms with E-state index in [9.17, 15) is 9.59 Å². The van der Waals surface area contributed by atoms with Gasteiger partial charge < -0.3 is 15.4 Å². The van der Waals surface area contributed by atoms with Crippen LogP contribution in [0.2, 0.25) is 0 Å². The van der Waals surface area contributed by atoms with Crippen molar-refractivity contribution in [2.45, 2.75) is 6.04 Å². The van der Waals surface area contributed by atoms with Crippen molar-refractivity contribution in [3.63, 3.8) is 0 Å². The molecule has 3 rings (SSSR count). The van der Waals surface area contributed by atoms with Gasteiger partial charge in [0, 0.05) is 13.1 Å². The Kier molecular flexibility index (Phi) is 5.86. The highest BCUT2D eigenvalue weighted by Gasteiger charge is 2.21. The fourth-order valence-electron chi connectivity index (χ4n) is 3.04. The van der Waals surface area contributed by atoms with Crippen LogP contribution in [0.4, 0.5) is 0 Å². The van der Waals surface area contributed by atoms with Crippen LogP contribution >= 0.6 is 0 Å². The van der Waals surface area contributed by atoms with Crippen LogP contribution in [0.15, 0.2) is 54.6 Å². The third kappa shape index (κ3) is 4.61. The zero-order valence-corrected chi connectivity index (χ0v) is 14.8. The molecule has 2 aromatic carbocycles. The van der Waals surface area contributed by atoms with Crippen LogP contribution in [0.5, 0.6) is 5.75 Å². The minimum atomic E-state index is -0.256. The average molecular weight is 353 g/mol. The Morgan fingerprint density at radius 2 is 1.85 bits per heavy atom. The van der Waals surface area contributed by atoms with Crippen LogP contribution in [-0.4, -0.2) is 50.0 Å². The van der Waals surface area contributed by atoms with E-state index in [2.05, 4.69) is 10.6 Å². The van der Waals surface area contributed by atoms with Crippen molar-refractivity contribution >= 4 is 11.8 Å². The number of rotatable bonds is 6. The summed E-state index contributed by atoms with van der Waals surface area (Å²) >= 11 is 0. The normalized spacial score (nSPS) is 15.8. The molecule has 0 bridgehead atoms. The van der Waals surface area contributed by atoms with E-state index in [0.717, 1.165) is 16.9 Å². The first kappa shape index (κ1) is 17.9. The summed E-state index contributed by atoms with van der Waals surface area (Å²) in [5.41, 5.74) is 1.98. The molecule has 0 saturated carbocycles. The Labute approximate surface area is 153 Å². The lowest BCUT2D eigenvalue weighted by molar-refractivity contribution is -0.127. The third-order valence-electron chi connectivity index (χ3n) is 4.37. The maximum absolute atomic E-state index is 12.6. The zero-order chi connectivity index (χ0) is 18.4. The molecular weight excluding hydrogens is 330 g/mol. The second-order valence-electron chi connectivity index (χ2n) is 6.24. The predicted molar refractivity (Wildman–Crippen MR) is 98.9 cm³/mol. The Bertz CT molecular complexity index is 747. The smallest absolute Gasteiger partial charge is 0.234 e. The maximum Gasteiger partial charge on any atom is 0.234 e. The SMILES string of the molecule is COc1ccc([C@H](NC(=O)CN2CCNC(=O)C2)c2ccccc2)cc1. The zero-order valence-electron chi connectivity index (χ0n) is 14.8. The van der Waals surface area contributed by atoms with Crippen molar-refractivity contribution in [3.05, 3.63) is 65.7 Å². The molecule has 0 aromatic heterocycles. The van der Waals surface area contributed by atoms with Gasteiger partial charge in [-0.1, -0.05) is 42.5 Å². The van der Waals surface area contributed by atoms with E-state index in [1.165, 1.54) is 0 Å². The number of nitrogens with zero attached hydrogens (tertiary/aromatic N) is 1. The van der Waals surface area contributed by atoms with Gasteiger partial charge in [0.05, 0.1) is 26.2 Å². The summed E-state index contributed by atoms with van der Waals surface area (Å²) in [6.45, 7) is 1.71. The van der Waals surface area contributed by atoms with Gasteiger partial charge in [-0.2, -0.15) is 0 Å². The van der Waals surface area contributed by atoms with Crippen LogP contribution in [0.25, 0.3) is 0 Å². The number of benzene rings is 2. The minimum absolute atomic E-state index is 0.0428. The lowest BCUT2D eigenvalue weighted by atomic mass is 9.98. The molecule has 1 saturated heterocycles. The van der Waals surface area contributed by atoms with Gasteiger partial charge in [0.2, 0.25) is 11.8 Å². The van der Waals surface area contributed by atoms with Gasteiger partial charge in [-0.3, -0.25) is 14.5 Å². The topological polar surface area (TPSA) is 70.7 Å². The fraction of sp³-hybridized carbons (Fsp3) is 0.300. The molecule has 0 spiro atoms. The third-order valence-corrected chi connectivity index (χ3v) is 4.37. The van der Waals surface area contributed by atoms with Crippen molar-refractivity contribution in [3.8, 4) is 5.75 Å². The fourth-order valence-corrected chi connectivity index (χ4v) is 3.04. The number of hydrogen-bond donors (Lipinski definition) is 2. The summed E-state index contributed by atoms with van der Waals surface area (Å²) in [7, 11) is 1.63. The van der Waals surface area contributed by atoms with Gasteiger partial charge in [0.25, 0.3) is 0 Å². The first-order chi connectivity index (χ1) is 12.7. The number of ether oxygens (including phenoxy) is 1. The summed E-state index contributed by atoms with van der Waals surface area (Å²) in [6, 6.07) is 17.2. The van der Waals surface area contributed by atoms with Gasteiger partial charge in [-0.05, 0) is 23.3 Å². The van der Waals surface area contributed by atoms with E-state index in [4.69, 9.17) is 4.74 Å². The maximum atomic E-state index is 12.6. The minimum Gasteiger partial charge on any atom is -0.497 e. The Hall–Kier alpha value is -2.86. The predicted octanol–water partition coefficient (Wildman–Crippen LogP) is 1.33. The van der Waals surface area contributed by atoms with Crippen molar-refractivity contribution in [2.75, 3.05) is 33.3 Å². The molecule has 2 amide bonds. The molecular formula is C20H23N3O3. The molecule has 1 aliphatic heterocycles. The van der Waals surface area contributed by atoms with Crippen LogP contribution < -0.4 is 15.4 Å². The highest BCUT2D eigenvalue weighted by atomic mass is 16.5. The summed E-state index contributed by atoms with van der Waals surface area (Å²) < 4.78 is 5.21. The number of methoxy groups -OCH3 is 1. The molecule has 6 nitrogen and oxygen atoms in total. The molecule has 0 unspecified atom stereocenters. The summed E-state index contributed by atoms with van der Waals surface area (Å²) in [4.78, 5) is 25.9. The number of nitrogens with one attached hydrogen (secondary N) is 2. The molecule has 1 aliphatic rings. The Morgan fingerprint density at radius 3 is 2.50 bits per heavy atom. The van der Waals surface area contributed by atoms with Crippen molar-refractivity contribution in [2.24, 2.45) is 0 Å². The molecule has 0 radical (unpaired) electrons. The van der Waals surface area contributed by atoms with Gasteiger partial charge >= 0.3 is 0 Å². The molecule has 1 atom stereocenters. The van der Waals surface area contributed by atoms with Crippen LogP contribution in [0, 0.1) is 0 Å². The Morgan fingerprint density at radius 1 is 1.15 bits per heavy atom. The second kappa shape index (κ2) is 8.49. The number of hydrogen-bond acceptors (Lipinski definition) is 4. The average Bonchev–Trinajstić information content (AvgIpc) is 2.67. The van der Waals surface area contributed by atoms with Crippen LogP contribution in [0.3, 0.4) is 0 Å². The first-order valence-corrected chi connectivity index (χ1v) is 8.63. The molecule has 1 fully saturated rings. The van der Waals surface area contributed by atoms with Crippen LogP contribution in [0.1, 0.15) is 17.2 Å². The highest BCUT2D eigenvalue weighted by molar-refractivity contribution is 5.82. The second-order valence-corrected chi connectivity index (χ2v) is 6.24. The largest absolute Gasteiger partial charge is 0.497 e. The van der Waals surface area contributed by atoms with E-state index in [1.54, 1.807) is 7.11 Å². The monoisotopic (exact) mass is 353 g/mol. The Balaban J connectivity index is 1.75. The van der Waals surface area contributed by atoms with Gasteiger partial charge in [-0.15, -0.1) is 0 Å². The van der Waals surface area contributed by atoms with E-state index < -0.39 is 0 Å². The first-order valence-electron chi connectivity index (χ1n) is 8.63. The molecule has 2 N–H and O–H groups in total. The molecule has 136 valence electrons. The standard InChI is InChI=1S/C20H23N3O3/c1-26-17-9-7-16(8-10-17)20(15-5-3-2-4-6-15)22-19(25)14-23-12-11-21-18(24)13-23/h2-10,20H,11-14H2,1H3,(H,21,24)(H,22,25)/t20-/m1/s1. The quantitative estimate of drug-likeness (QED) is 0.822. The number of piperazine rings is 1. The number of carbonyl (C=O) groups excluding carboxylic acids is 2. The van der Waals surface area contributed by atoms with E-state index in [1.807, 2.05) is 59.5 Å². The van der Waals surface area contributed by atoms with Crippen molar-refractivity contribution in [1.29, 1.82) is 0 Å². The van der Waals surface area contributed by atoms with Gasteiger partial charge in [-0.25, -0.2) is 0 Å².